The van der Waals surface area contributed by atoms with Crippen molar-refractivity contribution in [2.24, 2.45) is 0 Å². The second kappa shape index (κ2) is 6.45. The first-order chi connectivity index (χ1) is 9.50. The van der Waals surface area contributed by atoms with Crippen LogP contribution in [0.5, 0.6) is 0 Å². The number of carboxylic acid groups (broad SMARTS) is 1. The van der Waals surface area contributed by atoms with Crippen LogP contribution in [0.4, 0.5) is 0 Å². The molecule has 8 heteroatoms. The molecule has 1 aliphatic rings. The molecule has 0 bridgehead atoms. The van der Waals surface area contributed by atoms with Gasteiger partial charge in [0.25, 0.3) is 0 Å². The molecular formula is C12H16N2O4S2. The fourth-order valence-electron chi connectivity index (χ4n) is 2.10. The Hall–Kier alpha value is -1.28. The number of thiazole rings is 1. The van der Waals surface area contributed by atoms with Crippen molar-refractivity contribution >= 4 is 35.0 Å². The van der Waals surface area contributed by atoms with Gasteiger partial charge >= 0.3 is 10.8 Å². The first kappa shape index (κ1) is 15.1. The molecule has 2 heterocycles. The zero-order chi connectivity index (χ0) is 14.7. The summed E-state index contributed by atoms with van der Waals surface area (Å²) in [5, 5.41) is 10.8. The predicted molar refractivity (Wildman–Crippen MR) is 78.1 cm³/mol. The number of nitrogens with zero attached hydrogens (tertiary/aromatic N) is 2. The summed E-state index contributed by atoms with van der Waals surface area (Å²) >= 11 is 2.60. The number of carbonyl (C=O) groups is 2. The lowest BCUT2D eigenvalue weighted by atomic mass is 10.2. The average molecular weight is 316 g/mol. The molecule has 20 heavy (non-hydrogen) atoms. The topological polar surface area (TPSA) is 79.6 Å². The van der Waals surface area contributed by atoms with E-state index in [1.807, 2.05) is 6.92 Å². The minimum atomic E-state index is -0.951. The number of amides is 1. The second-order valence-electron chi connectivity index (χ2n) is 4.62. The van der Waals surface area contributed by atoms with Crippen molar-refractivity contribution in [3.63, 3.8) is 0 Å². The molecule has 1 fully saturated rings. The summed E-state index contributed by atoms with van der Waals surface area (Å²) in [7, 11) is 0. The van der Waals surface area contributed by atoms with E-state index in [9.17, 15) is 14.4 Å². The van der Waals surface area contributed by atoms with Gasteiger partial charge in [-0.2, -0.15) is 0 Å². The third kappa shape index (κ3) is 3.24. The Kier molecular flexibility index (Phi) is 4.87. The Bertz CT molecular complexity index is 566. The Labute approximate surface area is 124 Å². The van der Waals surface area contributed by atoms with Crippen molar-refractivity contribution in [1.29, 1.82) is 0 Å². The number of aryl methyl sites for hydroxylation is 1. The van der Waals surface area contributed by atoms with Crippen LogP contribution < -0.4 is 4.87 Å². The first-order valence-electron chi connectivity index (χ1n) is 6.25. The van der Waals surface area contributed by atoms with Crippen LogP contribution in [0.1, 0.15) is 18.5 Å². The minimum absolute atomic E-state index is 0.0184. The monoisotopic (exact) mass is 316 g/mol. The van der Waals surface area contributed by atoms with Gasteiger partial charge in [-0.15, -0.1) is 11.8 Å². The van der Waals surface area contributed by atoms with Gasteiger partial charge in [0.2, 0.25) is 5.91 Å². The van der Waals surface area contributed by atoms with Gasteiger partial charge in [0.05, 0.1) is 5.88 Å². The van der Waals surface area contributed by atoms with Crippen LogP contribution in [-0.2, 0) is 16.1 Å². The molecule has 6 nitrogen and oxygen atoms in total. The maximum absolute atomic E-state index is 12.0. The molecule has 0 radical (unpaired) electrons. The fourth-order valence-corrected chi connectivity index (χ4v) is 4.03. The summed E-state index contributed by atoms with van der Waals surface area (Å²) in [6.07, 6.45) is 0.815. The molecule has 1 aromatic heterocycles. The standard InChI is InChI=1S/C12H16N2O4S2/c1-8-5-20-12(18)13(8)4-2-3-10(15)14-7-19-6-9(14)11(16)17/h5,9H,2-4,6-7H2,1H3,(H,16,17). The normalized spacial score (nSPS) is 18.4. The largest absolute Gasteiger partial charge is 0.480 e. The van der Waals surface area contributed by atoms with Gasteiger partial charge in [-0.05, 0) is 13.3 Å². The van der Waals surface area contributed by atoms with Gasteiger partial charge in [0, 0.05) is 29.8 Å². The van der Waals surface area contributed by atoms with Crippen LogP contribution in [0.3, 0.4) is 0 Å². The molecule has 0 aromatic carbocycles. The third-order valence-electron chi connectivity index (χ3n) is 3.24. The van der Waals surface area contributed by atoms with E-state index in [-0.39, 0.29) is 17.2 Å². The van der Waals surface area contributed by atoms with Gasteiger partial charge in [0.15, 0.2) is 0 Å². The first-order valence-corrected chi connectivity index (χ1v) is 8.29. The molecule has 110 valence electrons. The fraction of sp³-hybridized carbons (Fsp3) is 0.583. The Morgan fingerprint density at radius 3 is 2.85 bits per heavy atom. The average Bonchev–Trinajstić information content (AvgIpc) is 2.99. The Morgan fingerprint density at radius 2 is 2.25 bits per heavy atom. The van der Waals surface area contributed by atoms with Crippen molar-refractivity contribution in [1.82, 2.24) is 9.47 Å². The van der Waals surface area contributed by atoms with Gasteiger partial charge < -0.3 is 14.6 Å². The van der Waals surface area contributed by atoms with E-state index in [0.717, 1.165) is 17.0 Å². The van der Waals surface area contributed by atoms with E-state index in [1.54, 1.807) is 9.95 Å². The van der Waals surface area contributed by atoms with E-state index in [4.69, 9.17) is 5.11 Å². The minimum Gasteiger partial charge on any atom is -0.480 e. The number of rotatable bonds is 5. The molecule has 1 amide bonds. The van der Waals surface area contributed by atoms with Crippen LogP contribution in [0.15, 0.2) is 10.2 Å². The molecule has 0 saturated carbocycles. The lowest BCUT2D eigenvalue weighted by Crippen LogP contribution is -2.41. The highest BCUT2D eigenvalue weighted by atomic mass is 32.2. The van der Waals surface area contributed by atoms with Crippen LogP contribution in [0.25, 0.3) is 0 Å². The van der Waals surface area contributed by atoms with Crippen LogP contribution in [0.2, 0.25) is 0 Å². The number of aromatic nitrogens is 1. The summed E-state index contributed by atoms with van der Waals surface area (Å²) in [4.78, 5) is 36.0. The van der Waals surface area contributed by atoms with Gasteiger partial charge in [-0.3, -0.25) is 9.59 Å². The molecule has 1 aromatic rings. The van der Waals surface area contributed by atoms with E-state index in [1.165, 1.54) is 16.7 Å². The van der Waals surface area contributed by atoms with Crippen molar-refractivity contribution in [3.8, 4) is 0 Å². The van der Waals surface area contributed by atoms with E-state index in [2.05, 4.69) is 0 Å². The van der Waals surface area contributed by atoms with Crippen molar-refractivity contribution in [2.75, 3.05) is 11.6 Å². The van der Waals surface area contributed by atoms with E-state index < -0.39 is 12.0 Å². The van der Waals surface area contributed by atoms with Gasteiger partial charge in [0.1, 0.15) is 6.04 Å². The quantitative estimate of drug-likeness (QED) is 0.876. The number of hydrogen-bond donors (Lipinski definition) is 1. The summed E-state index contributed by atoms with van der Waals surface area (Å²) in [5.74, 6) is -0.214. The molecule has 0 aliphatic carbocycles. The number of hydrogen-bond acceptors (Lipinski definition) is 5. The summed E-state index contributed by atoms with van der Waals surface area (Å²) < 4.78 is 1.64. The summed E-state index contributed by atoms with van der Waals surface area (Å²) in [5.41, 5.74) is 0.896. The number of thioether (sulfide) groups is 1. The summed E-state index contributed by atoms with van der Waals surface area (Å²) in [6.45, 7) is 2.36. The zero-order valence-corrected chi connectivity index (χ0v) is 12.7. The molecule has 1 N–H and O–H groups in total. The lowest BCUT2D eigenvalue weighted by Gasteiger charge is -2.20. The highest BCUT2D eigenvalue weighted by molar-refractivity contribution is 7.99. The highest BCUT2D eigenvalue weighted by Gasteiger charge is 2.33. The van der Waals surface area contributed by atoms with Gasteiger partial charge in [-0.1, -0.05) is 11.3 Å². The number of carbonyl (C=O) groups excluding carboxylic acids is 1. The van der Waals surface area contributed by atoms with Crippen molar-refractivity contribution < 1.29 is 14.7 Å². The lowest BCUT2D eigenvalue weighted by molar-refractivity contribution is -0.147. The van der Waals surface area contributed by atoms with Crippen molar-refractivity contribution in [2.45, 2.75) is 32.4 Å². The third-order valence-corrected chi connectivity index (χ3v) is 5.13. The number of carboxylic acids is 1. The Morgan fingerprint density at radius 1 is 1.50 bits per heavy atom. The molecule has 1 unspecified atom stereocenters. The van der Waals surface area contributed by atoms with Crippen LogP contribution in [0, 0.1) is 6.92 Å². The Balaban J connectivity index is 1.87. The number of aliphatic carboxylic acids is 1. The molecule has 1 saturated heterocycles. The maximum Gasteiger partial charge on any atom is 0.327 e. The molecular weight excluding hydrogens is 300 g/mol. The molecule has 1 aliphatic heterocycles. The second-order valence-corrected chi connectivity index (χ2v) is 6.44. The summed E-state index contributed by atoms with van der Waals surface area (Å²) in [6, 6.07) is -0.710. The van der Waals surface area contributed by atoms with Crippen LogP contribution in [-0.4, -0.2) is 44.1 Å². The van der Waals surface area contributed by atoms with Gasteiger partial charge in [-0.25, -0.2) is 4.79 Å². The maximum atomic E-state index is 12.0. The predicted octanol–water partition coefficient (Wildman–Crippen LogP) is 0.985. The molecule has 2 rings (SSSR count). The smallest absolute Gasteiger partial charge is 0.327 e. The van der Waals surface area contributed by atoms with E-state index >= 15 is 0 Å². The van der Waals surface area contributed by atoms with Crippen molar-refractivity contribution in [3.05, 3.63) is 20.7 Å². The molecule has 0 spiro atoms. The SMILES string of the molecule is Cc1csc(=O)n1CCCC(=O)N1CSCC1C(=O)O. The van der Waals surface area contributed by atoms with E-state index in [0.29, 0.717) is 24.6 Å². The highest BCUT2D eigenvalue weighted by Crippen LogP contribution is 2.22. The zero-order valence-electron chi connectivity index (χ0n) is 11.1. The molecule has 1 atom stereocenters. The van der Waals surface area contributed by atoms with Crippen LogP contribution >= 0.6 is 23.1 Å².